The van der Waals surface area contributed by atoms with Gasteiger partial charge in [-0.15, -0.1) is 0 Å². The van der Waals surface area contributed by atoms with E-state index in [1.165, 1.54) is 0 Å². The molecule has 3 heterocycles. The Kier molecular flexibility index (Phi) is 2.43. The van der Waals surface area contributed by atoms with Gasteiger partial charge in [-0.05, 0) is 30.3 Å². The maximum Gasteiger partial charge on any atom is 0.191 e. The van der Waals surface area contributed by atoms with E-state index in [2.05, 4.69) is 15.2 Å². The lowest BCUT2D eigenvalue weighted by Gasteiger charge is -2.01. The Hall–Kier alpha value is -2.91. The fourth-order valence-corrected chi connectivity index (χ4v) is 2.36. The Labute approximate surface area is 123 Å². The fraction of sp³-hybridized carbons (Fsp3) is 0. The molecule has 0 amide bonds. The zero-order chi connectivity index (χ0) is 14.4. The smallest absolute Gasteiger partial charge is 0.191 e. The monoisotopic (exact) mass is 295 g/mol. The minimum Gasteiger partial charge on any atom is -0.355 e. The largest absolute Gasteiger partial charge is 0.355 e. The SMILES string of the molecule is N#Cc1noc2ccc(-c3cnc4ccc(Cl)nn34)cc12. The van der Waals surface area contributed by atoms with Gasteiger partial charge in [0, 0.05) is 5.56 Å². The number of aromatic nitrogens is 4. The van der Waals surface area contributed by atoms with E-state index in [-0.39, 0.29) is 5.69 Å². The first-order valence-corrected chi connectivity index (χ1v) is 6.44. The molecular formula is C14H6ClN5O. The molecule has 4 aromatic rings. The highest BCUT2D eigenvalue weighted by atomic mass is 35.5. The van der Waals surface area contributed by atoms with Crippen LogP contribution >= 0.6 is 11.6 Å². The second-order valence-electron chi connectivity index (χ2n) is 4.42. The van der Waals surface area contributed by atoms with E-state index in [0.717, 1.165) is 11.3 Å². The summed E-state index contributed by atoms with van der Waals surface area (Å²) in [7, 11) is 0. The van der Waals surface area contributed by atoms with Gasteiger partial charge in [-0.1, -0.05) is 16.8 Å². The highest BCUT2D eigenvalue weighted by molar-refractivity contribution is 6.29. The summed E-state index contributed by atoms with van der Waals surface area (Å²) >= 11 is 5.93. The second kappa shape index (κ2) is 4.30. The Balaban J connectivity index is 2.00. The molecule has 3 aromatic heterocycles. The molecule has 21 heavy (non-hydrogen) atoms. The summed E-state index contributed by atoms with van der Waals surface area (Å²) in [5.41, 5.74) is 3.14. The molecule has 0 spiro atoms. The number of halogens is 1. The van der Waals surface area contributed by atoms with E-state index in [4.69, 9.17) is 21.4 Å². The van der Waals surface area contributed by atoms with Gasteiger partial charge in [0.25, 0.3) is 0 Å². The normalized spacial score (nSPS) is 11.0. The highest BCUT2D eigenvalue weighted by Crippen LogP contribution is 2.26. The zero-order valence-corrected chi connectivity index (χ0v) is 11.2. The van der Waals surface area contributed by atoms with Crippen molar-refractivity contribution < 1.29 is 4.52 Å². The van der Waals surface area contributed by atoms with Crippen molar-refractivity contribution in [1.82, 2.24) is 19.8 Å². The van der Waals surface area contributed by atoms with E-state index in [1.807, 2.05) is 18.2 Å². The number of hydrogen-bond donors (Lipinski definition) is 0. The van der Waals surface area contributed by atoms with Gasteiger partial charge in [0.2, 0.25) is 0 Å². The second-order valence-corrected chi connectivity index (χ2v) is 4.81. The zero-order valence-electron chi connectivity index (χ0n) is 10.5. The van der Waals surface area contributed by atoms with Crippen LogP contribution in [-0.2, 0) is 0 Å². The third-order valence-corrected chi connectivity index (χ3v) is 3.40. The van der Waals surface area contributed by atoms with Crippen LogP contribution in [-0.4, -0.2) is 19.8 Å². The molecule has 0 atom stereocenters. The van der Waals surface area contributed by atoms with E-state index in [9.17, 15) is 0 Å². The van der Waals surface area contributed by atoms with Gasteiger partial charge >= 0.3 is 0 Å². The van der Waals surface area contributed by atoms with Gasteiger partial charge < -0.3 is 4.52 Å². The Bertz CT molecular complexity index is 1030. The molecule has 4 rings (SSSR count). The van der Waals surface area contributed by atoms with Gasteiger partial charge in [-0.3, -0.25) is 0 Å². The number of fused-ring (bicyclic) bond motifs is 2. The summed E-state index contributed by atoms with van der Waals surface area (Å²) in [5, 5.41) is 18.0. The molecule has 0 fully saturated rings. The van der Waals surface area contributed by atoms with Gasteiger partial charge in [0.1, 0.15) is 11.2 Å². The molecule has 7 heteroatoms. The summed E-state index contributed by atoms with van der Waals surface area (Å²) in [4.78, 5) is 4.28. The maximum atomic E-state index is 9.03. The molecule has 0 bridgehead atoms. The first-order chi connectivity index (χ1) is 10.3. The topological polar surface area (TPSA) is 80.0 Å². The summed E-state index contributed by atoms with van der Waals surface area (Å²) in [6.45, 7) is 0. The van der Waals surface area contributed by atoms with Crippen LogP contribution in [0.25, 0.3) is 27.9 Å². The van der Waals surface area contributed by atoms with Crippen molar-refractivity contribution in [3.63, 3.8) is 0 Å². The standard InChI is InChI=1S/C14H6ClN5O/c15-13-3-4-14-17-7-11(20(14)18-13)8-1-2-12-9(5-8)10(6-16)19-21-12/h1-5,7H. The van der Waals surface area contributed by atoms with Crippen LogP contribution in [0.3, 0.4) is 0 Å². The van der Waals surface area contributed by atoms with Crippen molar-refractivity contribution in [3.8, 4) is 17.3 Å². The van der Waals surface area contributed by atoms with Crippen LogP contribution in [0.4, 0.5) is 0 Å². The van der Waals surface area contributed by atoms with E-state index in [1.54, 1.807) is 28.9 Å². The average Bonchev–Trinajstić information content (AvgIpc) is 3.09. The van der Waals surface area contributed by atoms with Crippen LogP contribution in [0.1, 0.15) is 5.69 Å². The number of benzene rings is 1. The number of nitriles is 1. The summed E-state index contributed by atoms with van der Waals surface area (Å²) in [6.07, 6.45) is 1.71. The van der Waals surface area contributed by atoms with E-state index < -0.39 is 0 Å². The van der Waals surface area contributed by atoms with Crippen LogP contribution < -0.4 is 0 Å². The van der Waals surface area contributed by atoms with Gasteiger partial charge in [0.05, 0.1) is 17.3 Å². The molecule has 1 aromatic carbocycles. The van der Waals surface area contributed by atoms with Gasteiger partial charge in [-0.25, -0.2) is 9.50 Å². The predicted molar refractivity (Wildman–Crippen MR) is 75.7 cm³/mol. The van der Waals surface area contributed by atoms with Crippen molar-refractivity contribution in [3.05, 3.63) is 47.4 Å². The van der Waals surface area contributed by atoms with Crippen LogP contribution in [0.2, 0.25) is 5.15 Å². The highest BCUT2D eigenvalue weighted by Gasteiger charge is 2.12. The molecular weight excluding hydrogens is 290 g/mol. The van der Waals surface area contributed by atoms with Gasteiger partial charge in [-0.2, -0.15) is 10.4 Å². The third-order valence-electron chi connectivity index (χ3n) is 3.20. The lowest BCUT2D eigenvalue weighted by molar-refractivity contribution is 0.454. The van der Waals surface area contributed by atoms with Gasteiger partial charge in [0.15, 0.2) is 16.9 Å². The molecule has 6 nitrogen and oxygen atoms in total. The molecule has 0 unspecified atom stereocenters. The molecule has 0 saturated heterocycles. The molecule has 100 valence electrons. The molecule has 0 N–H and O–H groups in total. The number of imidazole rings is 1. The first kappa shape index (κ1) is 11.9. The Morgan fingerprint density at radius 3 is 3.00 bits per heavy atom. The summed E-state index contributed by atoms with van der Waals surface area (Å²) < 4.78 is 6.74. The number of nitrogens with zero attached hydrogens (tertiary/aromatic N) is 5. The summed E-state index contributed by atoms with van der Waals surface area (Å²) in [6, 6.07) is 10.9. The molecule has 0 radical (unpaired) electrons. The third kappa shape index (κ3) is 1.75. The van der Waals surface area contributed by atoms with Crippen molar-refractivity contribution >= 4 is 28.2 Å². The Morgan fingerprint density at radius 1 is 1.24 bits per heavy atom. The molecule has 0 aliphatic carbocycles. The first-order valence-electron chi connectivity index (χ1n) is 6.06. The van der Waals surface area contributed by atoms with Crippen LogP contribution in [0, 0.1) is 11.3 Å². The van der Waals surface area contributed by atoms with Crippen LogP contribution in [0.15, 0.2) is 41.1 Å². The Morgan fingerprint density at radius 2 is 2.14 bits per heavy atom. The average molecular weight is 296 g/mol. The fourth-order valence-electron chi connectivity index (χ4n) is 2.23. The minimum absolute atomic E-state index is 0.256. The maximum absolute atomic E-state index is 9.03. The van der Waals surface area contributed by atoms with Crippen molar-refractivity contribution in [2.24, 2.45) is 0 Å². The lowest BCUT2D eigenvalue weighted by Crippen LogP contribution is -1.94. The quantitative estimate of drug-likeness (QED) is 0.539. The predicted octanol–water partition coefficient (Wildman–Crippen LogP) is 3.06. The number of hydrogen-bond acceptors (Lipinski definition) is 5. The molecule has 0 aliphatic rings. The number of rotatable bonds is 1. The molecule has 0 aliphatic heterocycles. The van der Waals surface area contributed by atoms with Crippen LogP contribution in [0.5, 0.6) is 0 Å². The van der Waals surface area contributed by atoms with Crippen molar-refractivity contribution in [2.45, 2.75) is 0 Å². The van der Waals surface area contributed by atoms with E-state index in [0.29, 0.717) is 21.8 Å². The van der Waals surface area contributed by atoms with Crippen molar-refractivity contribution in [2.75, 3.05) is 0 Å². The minimum atomic E-state index is 0.256. The lowest BCUT2D eigenvalue weighted by atomic mass is 10.1. The summed E-state index contributed by atoms with van der Waals surface area (Å²) in [5.74, 6) is 0. The van der Waals surface area contributed by atoms with E-state index >= 15 is 0 Å². The molecule has 0 saturated carbocycles. The van der Waals surface area contributed by atoms with Crippen molar-refractivity contribution in [1.29, 1.82) is 5.26 Å².